The van der Waals surface area contributed by atoms with Crippen molar-refractivity contribution in [2.75, 3.05) is 18.8 Å². The molecule has 3 rings (SSSR count). The minimum atomic E-state index is -0.229. The van der Waals surface area contributed by atoms with Gasteiger partial charge < -0.3 is 10.2 Å². The highest BCUT2D eigenvalue weighted by atomic mass is 32.2. The van der Waals surface area contributed by atoms with Crippen molar-refractivity contribution in [2.24, 2.45) is 5.92 Å². The predicted molar refractivity (Wildman–Crippen MR) is 78.4 cm³/mol. The fourth-order valence-corrected chi connectivity index (χ4v) is 3.46. The second-order valence-corrected chi connectivity index (χ2v) is 6.42. The first-order valence-electron chi connectivity index (χ1n) is 7.01. The van der Waals surface area contributed by atoms with Gasteiger partial charge >= 0.3 is 0 Å². The van der Waals surface area contributed by atoms with Crippen LogP contribution in [0, 0.1) is 5.92 Å². The van der Waals surface area contributed by atoms with E-state index in [2.05, 4.69) is 17.4 Å². The molecule has 0 spiro atoms. The number of hydrogen-bond donors (Lipinski definition) is 1. The second-order valence-electron chi connectivity index (χ2n) is 5.25. The molecule has 1 N–H and O–H groups in total. The predicted octanol–water partition coefficient (Wildman–Crippen LogP) is 1.52. The molecule has 1 aliphatic carbocycles. The Balaban J connectivity index is 1.59. The third-order valence-corrected chi connectivity index (χ3v) is 4.74. The van der Waals surface area contributed by atoms with E-state index in [1.54, 1.807) is 16.7 Å². The van der Waals surface area contributed by atoms with E-state index in [9.17, 15) is 9.59 Å². The lowest BCUT2D eigenvalue weighted by Gasteiger charge is -2.35. The van der Waals surface area contributed by atoms with Gasteiger partial charge in [-0.05, 0) is 30.9 Å². The maximum atomic E-state index is 12.0. The van der Waals surface area contributed by atoms with Crippen molar-refractivity contribution < 1.29 is 9.59 Å². The van der Waals surface area contributed by atoms with Crippen LogP contribution in [0.3, 0.4) is 0 Å². The number of nitrogens with one attached hydrogen (secondary N) is 1. The van der Waals surface area contributed by atoms with Gasteiger partial charge in [-0.1, -0.05) is 18.2 Å². The van der Waals surface area contributed by atoms with Crippen molar-refractivity contribution in [1.29, 1.82) is 0 Å². The molecule has 2 fully saturated rings. The molecule has 1 saturated carbocycles. The number of hydrogen-bond acceptors (Lipinski definition) is 3. The zero-order valence-electron chi connectivity index (χ0n) is 11.2. The molecular weight excluding hydrogens is 272 g/mol. The molecule has 1 saturated heterocycles. The fraction of sp³-hybridized carbons (Fsp3) is 0.467. The first kappa shape index (κ1) is 13.5. The van der Waals surface area contributed by atoms with Gasteiger partial charge in [0.1, 0.15) is 6.04 Å². The molecule has 0 aromatic heterocycles. The zero-order chi connectivity index (χ0) is 13.9. The van der Waals surface area contributed by atoms with Crippen molar-refractivity contribution in [2.45, 2.75) is 23.8 Å². The Kier molecular flexibility index (Phi) is 3.96. The summed E-state index contributed by atoms with van der Waals surface area (Å²) >= 11 is 1.73. The highest BCUT2D eigenvalue weighted by Crippen LogP contribution is 2.36. The SMILES string of the molecule is O=C1NCC(=O)N(CCSc2ccccc2)C1C1CC1. The zero-order valence-corrected chi connectivity index (χ0v) is 12.1. The molecular formula is C15H18N2O2S. The summed E-state index contributed by atoms with van der Waals surface area (Å²) in [6.07, 6.45) is 2.13. The van der Waals surface area contributed by atoms with Crippen LogP contribution in [0.4, 0.5) is 0 Å². The van der Waals surface area contributed by atoms with Gasteiger partial charge in [-0.3, -0.25) is 9.59 Å². The highest BCUT2D eigenvalue weighted by molar-refractivity contribution is 7.99. The monoisotopic (exact) mass is 290 g/mol. The molecule has 1 aliphatic heterocycles. The molecule has 1 heterocycles. The van der Waals surface area contributed by atoms with Gasteiger partial charge in [0.05, 0.1) is 6.54 Å². The fourth-order valence-electron chi connectivity index (χ4n) is 2.59. The number of rotatable bonds is 5. The van der Waals surface area contributed by atoms with Crippen LogP contribution in [-0.4, -0.2) is 41.6 Å². The van der Waals surface area contributed by atoms with Crippen LogP contribution in [0.1, 0.15) is 12.8 Å². The van der Waals surface area contributed by atoms with E-state index in [0.717, 1.165) is 18.6 Å². The van der Waals surface area contributed by atoms with Crippen molar-refractivity contribution in [1.82, 2.24) is 10.2 Å². The van der Waals surface area contributed by atoms with Crippen LogP contribution in [-0.2, 0) is 9.59 Å². The van der Waals surface area contributed by atoms with Crippen molar-refractivity contribution in [3.8, 4) is 0 Å². The third kappa shape index (κ3) is 2.98. The van der Waals surface area contributed by atoms with Gasteiger partial charge in [0.2, 0.25) is 11.8 Å². The molecule has 2 aliphatic rings. The number of benzene rings is 1. The van der Waals surface area contributed by atoms with Gasteiger partial charge in [-0.25, -0.2) is 0 Å². The van der Waals surface area contributed by atoms with Crippen molar-refractivity contribution in [3.63, 3.8) is 0 Å². The molecule has 1 unspecified atom stereocenters. The van der Waals surface area contributed by atoms with E-state index < -0.39 is 0 Å². The molecule has 2 amide bonds. The van der Waals surface area contributed by atoms with E-state index in [1.165, 1.54) is 4.90 Å². The van der Waals surface area contributed by atoms with Crippen LogP contribution in [0.5, 0.6) is 0 Å². The minimum Gasteiger partial charge on any atom is -0.345 e. The summed E-state index contributed by atoms with van der Waals surface area (Å²) in [6.45, 7) is 0.797. The summed E-state index contributed by atoms with van der Waals surface area (Å²) in [5.41, 5.74) is 0. The summed E-state index contributed by atoms with van der Waals surface area (Å²) < 4.78 is 0. The van der Waals surface area contributed by atoms with Gasteiger partial charge in [0.25, 0.3) is 0 Å². The largest absolute Gasteiger partial charge is 0.345 e. The lowest BCUT2D eigenvalue weighted by atomic mass is 10.1. The normalized spacial score (nSPS) is 22.8. The standard InChI is InChI=1S/C15H18N2O2S/c18-13-10-16-15(19)14(11-6-7-11)17(13)8-9-20-12-4-2-1-3-5-12/h1-5,11,14H,6-10H2,(H,16,19). The van der Waals surface area contributed by atoms with Crippen molar-refractivity contribution >= 4 is 23.6 Å². The Hall–Kier alpha value is -1.49. The Morgan fingerprint density at radius 2 is 1.95 bits per heavy atom. The quantitative estimate of drug-likeness (QED) is 0.836. The summed E-state index contributed by atoms with van der Waals surface area (Å²) in [4.78, 5) is 27.0. The molecule has 1 aromatic carbocycles. The molecule has 20 heavy (non-hydrogen) atoms. The molecule has 1 atom stereocenters. The molecule has 0 radical (unpaired) electrons. The molecule has 0 bridgehead atoms. The number of amides is 2. The molecule has 1 aromatic rings. The third-order valence-electron chi connectivity index (χ3n) is 3.75. The van der Waals surface area contributed by atoms with Crippen LogP contribution in [0.2, 0.25) is 0 Å². The average molecular weight is 290 g/mol. The first-order chi connectivity index (χ1) is 9.75. The average Bonchev–Trinajstić information content (AvgIpc) is 3.28. The summed E-state index contributed by atoms with van der Waals surface area (Å²) in [5.74, 6) is 1.28. The maximum Gasteiger partial charge on any atom is 0.243 e. The number of thioether (sulfide) groups is 1. The van der Waals surface area contributed by atoms with Gasteiger partial charge in [0.15, 0.2) is 0 Å². The highest BCUT2D eigenvalue weighted by Gasteiger charge is 2.44. The van der Waals surface area contributed by atoms with E-state index in [4.69, 9.17) is 0 Å². The summed E-state index contributed by atoms with van der Waals surface area (Å²) in [7, 11) is 0. The Labute approximate surface area is 122 Å². The van der Waals surface area contributed by atoms with Gasteiger partial charge in [0, 0.05) is 17.2 Å². The van der Waals surface area contributed by atoms with E-state index in [-0.39, 0.29) is 24.4 Å². The van der Waals surface area contributed by atoms with Gasteiger partial charge in [-0.15, -0.1) is 11.8 Å². The minimum absolute atomic E-state index is 0.0248. The Morgan fingerprint density at radius 3 is 2.65 bits per heavy atom. The lowest BCUT2D eigenvalue weighted by Crippen LogP contribution is -2.59. The lowest BCUT2D eigenvalue weighted by molar-refractivity contribution is -0.146. The number of carbonyl (C=O) groups is 2. The van der Waals surface area contributed by atoms with E-state index in [0.29, 0.717) is 12.5 Å². The summed E-state index contributed by atoms with van der Waals surface area (Å²) in [6, 6.07) is 9.91. The Morgan fingerprint density at radius 1 is 1.20 bits per heavy atom. The molecule has 106 valence electrons. The topological polar surface area (TPSA) is 49.4 Å². The van der Waals surface area contributed by atoms with Crippen molar-refractivity contribution in [3.05, 3.63) is 30.3 Å². The van der Waals surface area contributed by atoms with Crippen LogP contribution >= 0.6 is 11.8 Å². The number of piperazine rings is 1. The van der Waals surface area contributed by atoms with E-state index >= 15 is 0 Å². The van der Waals surface area contributed by atoms with Crippen LogP contribution < -0.4 is 5.32 Å². The Bertz CT molecular complexity index is 502. The number of carbonyl (C=O) groups excluding carboxylic acids is 2. The van der Waals surface area contributed by atoms with E-state index in [1.807, 2.05) is 18.2 Å². The number of nitrogens with zero attached hydrogens (tertiary/aromatic N) is 1. The molecule has 4 nitrogen and oxygen atoms in total. The second kappa shape index (κ2) is 5.87. The molecule has 5 heteroatoms. The first-order valence-corrected chi connectivity index (χ1v) is 7.99. The maximum absolute atomic E-state index is 12.0. The van der Waals surface area contributed by atoms with Crippen LogP contribution in [0.25, 0.3) is 0 Å². The van der Waals surface area contributed by atoms with Crippen LogP contribution in [0.15, 0.2) is 35.2 Å². The smallest absolute Gasteiger partial charge is 0.243 e. The summed E-state index contributed by atoms with van der Waals surface area (Å²) in [5, 5.41) is 2.70. The van der Waals surface area contributed by atoms with Gasteiger partial charge in [-0.2, -0.15) is 0 Å².